The molecule has 0 atom stereocenters. The van der Waals surface area contributed by atoms with E-state index in [4.69, 9.17) is 16.2 Å². The first-order valence-electron chi connectivity index (χ1n) is 3.46. The number of benzene rings is 1. The Balaban J connectivity index is 0.000000252. The molecule has 5 heteroatoms. The summed E-state index contributed by atoms with van der Waals surface area (Å²) in [5.41, 5.74) is 1.18. The molecule has 1 N–H and O–H groups in total. The van der Waals surface area contributed by atoms with Crippen LogP contribution in [0.5, 0.6) is 0 Å². The van der Waals surface area contributed by atoms with Crippen LogP contribution < -0.4 is 0 Å². The van der Waals surface area contributed by atoms with Crippen molar-refractivity contribution in [3.8, 4) is 0 Å². The third-order valence-electron chi connectivity index (χ3n) is 0.997. The fraction of sp³-hybridized carbons (Fsp3) is 0.250. The predicted octanol–water partition coefficient (Wildman–Crippen LogP) is 1.93. The van der Waals surface area contributed by atoms with Crippen LogP contribution in [0.15, 0.2) is 30.3 Å². The fourth-order valence-corrected chi connectivity index (χ4v) is 0.745. The molecule has 1 rings (SSSR count). The van der Waals surface area contributed by atoms with Crippen LogP contribution in [-0.4, -0.2) is 19.2 Å². The van der Waals surface area contributed by atoms with Gasteiger partial charge in [0.1, 0.15) is 0 Å². The Morgan fingerprint density at radius 1 is 1.31 bits per heavy atom. The molecule has 0 radical (unpaired) electrons. The Kier molecular flexibility index (Phi) is 5.70. The highest BCUT2D eigenvalue weighted by Crippen LogP contribution is 2.00. The molecule has 0 bridgehead atoms. The monoisotopic (exact) mass is 222 g/mol. The van der Waals surface area contributed by atoms with Gasteiger partial charge in [-0.15, -0.1) is 11.6 Å². The molecule has 0 saturated carbocycles. The van der Waals surface area contributed by atoms with Gasteiger partial charge in [-0.05, 0) is 5.56 Å². The van der Waals surface area contributed by atoms with Gasteiger partial charge in [0.2, 0.25) is 0 Å². The standard InChI is InChI=1S/C7H7Cl.CH4O3S/c8-6-7-4-2-1-3-5-7;1-5(2,3)4/h1-5H,6H2;1H3,(H,2,3,4). The van der Waals surface area contributed by atoms with Crippen molar-refractivity contribution in [1.82, 2.24) is 0 Å². The summed E-state index contributed by atoms with van der Waals surface area (Å²) in [6.45, 7) is 0. The molecule has 0 aromatic heterocycles. The average molecular weight is 223 g/mol. The molecule has 0 fully saturated rings. The average Bonchev–Trinajstić information content (AvgIpc) is 2.03. The minimum Gasteiger partial charge on any atom is -0.286 e. The van der Waals surface area contributed by atoms with Gasteiger partial charge in [0.05, 0.1) is 6.26 Å². The Labute approximate surface area is 83.1 Å². The van der Waals surface area contributed by atoms with Crippen molar-refractivity contribution >= 4 is 21.7 Å². The Morgan fingerprint density at radius 2 is 1.69 bits per heavy atom. The highest BCUT2D eigenvalue weighted by atomic mass is 35.5. The Hall–Kier alpha value is -0.580. The Bertz CT molecular complexity index is 313. The lowest BCUT2D eigenvalue weighted by atomic mass is 10.2. The predicted molar refractivity (Wildman–Crippen MR) is 53.5 cm³/mol. The fourth-order valence-electron chi connectivity index (χ4n) is 0.567. The van der Waals surface area contributed by atoms with Gasteiger partial charge in [0.15, 0.2) is 0 Å². The van der Waals surface area contributed by atoms with Gasteiger partial charge >= 0.3 is 0 Å². The van der Waals surface area contributed by atoms with Crippen LogP contribution in [0, 0.1) is 0 Å². The van der Waals surface area contributed by atoms with Gasteiger partial charge in [-0.25, -0.2) is 0 Å². The summed E-state index contributed by atoms with van der Waals surface area (Å²) in [6.07, 6.45) is 0.715. The minimum atomic E-state index is -3.67. The quantitative estimate of drug-likeness (QED) is 0.584. The number of hydrogen-bond acceptors (Lipinski definition) is 2. The second-order valence-electron chi connectivity index (χ2n) is 2.35. The van der Waals surface area contributed by atoms with E-state index in [-0.39, 0.29) is 0 Å². The highest BCUT2D eigenvalue weighted by molar-refractivity contribution is 7.85. The van der Waals surface area contributed by atoms with Crippen molar-refractivity contribution in [3.05, 3.63) is 35.9 Å². The molecule has 13 heavy (non-hydrogen) atoms. The maximum Gasteiger partial charge on any atom is 0.261 e. The zero-order valence-electron chi connectivity index (χ0n) is 7.14. The van der Waals surface area contributed by atoms with E-state index in [1.54, 1.807) is 0 Å². The molecule has 0 unspecified atom stereocenters. The van der Waals surface area contributed by atoms with E-state index in [1.165, 1.54) is 5.56 Å². The van der Waals surface area contributed by atoms with Gasteiger partial charge < -0.3 is 0 Å². The summed E-state index contributed by atoms with van der Waals surface area (Å²) < 4.78 is 25.9. The second kappa shape index (κ2) is 5.96. The first-order chi connectivity index (χ1) is 5.93. The molecule has 0 aliphatic rings. The van der Waals surface area contributed by atoms with Crippen molar-refractivity contribution in [1.29, 1.82) is 0 Å². The largest absolute Gasteiger partial charge is 0.286 e. The molecule has 3 nitrogen and oxygen atoms in total. The number of hydrogen-bond donors (Lipinski definition) is 1. The summed E-state index contributed by atoms with van der Waals surface area (Å²) >= 11 is 5.53. The van der Waals surface area contributed by atoms with E-state index >= 15 is 0 Å². The van der Waals surface area contributed by atoms with E-state index < -0.39 is 10.1 Å². The van der Waals surface area contributed by atoms with Crippen molar-refractivity contribution < 1.29 is 13.0 Å². The van der Waals surface area contributed by atoms with Crippen molar-refractivity contribution in [2.75, 3.05) is 6.26 Å². The number of alkyl halides is 1. The molecule has 0 spiro atoms. The summed E-state index contributed by atoms with van der Waals surface area (Å²) in [6, 6.07) is 9.96. The van der Waals surface area contributed by atoms with Crippen molar-refractivity contribution in [2.24, 2.45) is 0 Å². The molecule has 0 saturated heterocycles. The summed E-state index contributed by atoms with van der Waals surface area (Å²) in [7, 11) is -3.67. The van der Waals surface area contributed by atoms with Crippen LogP contribution in [0.4, 0.5) is 0 Å². The normalized spacial score (nSPS) is 10.1. The van der Waals surface area contributed by atoms with Crippen LogP contribution in [-0.2, 0) is 16.0 Å². The van der Waals surface area contributed by atoms with Gasteiger partial charge in [-0.2, -0.15) is 8.42 Å². The maximum absolute atomic E-state index is 9.19. The van der Waals surface area contributed by atoms with Crippen molar-refractivity contribution in [2.45, 2.75) is 5.88 Å². The maximum atomic E-state index is 9.19. The van der Waals surface area contributed by atoms with Crippen LogP contribution >= 0.6 is 11.6 Å². The van der Waals surface area contributed by atoms with Crippen molar-refractivity contribution in [3.63, 3.8) is 0 Å². The van der Waals surface area contributed by atoms with Crippen LogP contribution in [0.3, 0.4) is 0 Å². The lowest BCUT2D eigenvalue weighted by Crippen LogP contribution is -1.88. The van der Waals surface area contributed by atoms with Gasteiger partial charge in [0, 0.05) is 5.88 Å². The van der Waals surface area contributed by atoms with E-state index in [1.807, 2.05) is 30.3 Å². The third-order valence-corrected chi connectivity index (χ3v) is 1.31. The van der Waals surface area contributed by atoms with Crippen LogP contribution in [0.25, 0.3) is 0 Å². The molecular formula is C8H11ClO3S. The summed E-state index contributed by atoms with van der Waals surface area (Å²) in [4.78, 5) is 0. The van der Waals surface area contributed by atoms with E-state index in [0.717, 1.165) is 0 Å². The van der Waals surface area contributed by atoms with E-state index in [9.17, 15) is 8.42 Å². The van der Waals surface area contributed by atoms with Crippen LogP contribution in [0.2, 0.25) is 0 Å². The second-order valence-corrected chi connectivity index (χ2v) is 4.09. The number of rotatable bonds is 1. The zero-order chi connectivity index (χ0) is 10.3. The SMILES string of the molecule is CS(=O)(=O)O.ClCc1ccccc1. The lowest BCUT2D eigenvalue weighted by Gasteiger charge is -1.88. The zero-order valence-corrected chi connectivity index (χ0v) is 8.72. The summed E-state index contributed by atoms with van der Waals surface area (Å²) in [5.74, 6) is 0.612. The molecule has 0 aliphatic carbocycles. The molecule has 74 valence electrons. The van der Waals surface area contributed by atoms with Gasteiger partial charge in [-0.3, -0.25) is 4.55 Å². The minimum absolute atomic E-state index is 0.612. The Morgan fingerprint density at radius 3 is 1.92 bits per heavy atom. The highest BCUT2D eigenvalue weighted by Gasteiger charge is 1.82. The molecule has 0 aliphatic heterocycles. The molecule has 0 amide bonds. The lowest BCUT2D eigenvalue weighted by molar-refractivity contribution is 0.490. The van der Waals surface area contributed by atoms with E-state index in [0.29, 0.717) is 12.1 Å². The third kappa shape index (κ3) is 11.4. The molecule has 1 aromatic rings. The molecule has 1 aromatic carbocycles. The summed E-state index contributed by atoms with van der Waals surface area (Å²) in [5, 5.41) is 0. The smallest absolute Gasteiger partial charge is 0.261 e. The molecule has 0 heterocycles. The first-order valence-corrected chi connectivity index (χ1v) is 5.84. The van der Waals surface area contributed by atoms with Crippen LogP contribution in [0.1, 0.15) is 5.56 Å². The first kappa shape index (κ1) is 12.4. The van der Waals surface area contributed by atoms with E-state index in [2.05, 4.69) is 0 Å². The molecular weight excluding hydrogens is 212 g/mol. The van der Waals surface area contributed by atoms with Gasteiger partial charge in [0.25, 0.3) is 10.1 Å². The number of halogens is 1. The van der Waals surface area contributed by atoms with Gasteiger partial charge in [-0.1, -0.05) is 30.3 Å². The topological polar surface area (TPSA) is 54.4 Å².